The number of hydrogen-bond donors (Lipinski definition) is 2. The molecule has 0 aromatic heterocycles. The molecule has 1 atom stereocenters. The van der Waals surface area contributed by atoms with Crippen LogP contribution in [0.4, 0.5) is 0 Å². The molecule has 0 bridgehead atoms. The van der Waals surface area contributed by atoms with E-state index in [1.165, 1.54) is 5.56 Å². The van der Waals surface area contributed by atoms with Crippen molar-refractivity contribution in [2.24, 2.45) is 5.92 Å². The van der Waals surface area contributed by atoms with Crippen LogP contribution in [0.1, 0.15) is 45.2 Å². The number of rotatable bonds is 9. The lowest BCUT2D eigenvalue weighted by atomic mass is 10.1. The quantitative estimate of drug-likeness (QED) is 0.674. The van der Waals surface area contributed by atoms with E-state index in [2.05, 4.69) is 38.2 Å². The van der Waals surface area contributed by atoms with E-state index in [1.54, 1.807) is 0 Å². The summed E-state index contributed by atoms with van der Waals surface area (Å²) >= 11 is 0. The molecule has 0 radical (unpaired) electrons. The van der Waals surface area contributed by atoms with E-state index in [4.69, 9.17) is 9.84 Å². The minimum Gasteiger partial charge on any atom is -0.493 e. The van der Waals surface area contributed by atoms with Crippen LogP contribution in [0, 0.1) is 5.92 Å². The zero-order valence-electron chi connectivity index (χ0n) is 12.4. The molecule has 3 heteroatoms. The molecule has 0 aliphatic heterocycles. The van der Waals surface area contributed by atoms with Gasteiger partial charge in [0.1, 0.15) is 5.75 Å². The van der Waals surface area contributed by atoms with E-state index in [9.17, 15) is 0 Å². The summed E-state index contributed by atoms with van der Waals surface area (Å²) in [6, 6.07) is 8.62. The Morgan fingerprint density at radius 3 is 2.37 bits per heavy atom. The van der Waals surface area contributed by atoms with Gasteiger partial charge in [-0.2, -0.15) is 0 Å². The number of nitrogens with one attached hydrogen (secondary N) is 1. The van der Waals surface area contributed by atoms with Crippen molar-refractivity contribution in [1.29, 1.82) is 0 Å². The molecule has 0 fully saturated rings. The molecule has 0 saturated carbocycles. The van der Waals surface area contributed by atoms with Crippen molar-refractivity contribution < 1.29 is 9.84 Å². The first-order valence-corrected chi connectivity index (χ1v) is 7.20. The van der Waals surface area contributed by atoms with Crippen molar-refractivity contribution in [3.8, 4) is 5.75 Å². The van der Waals surface area contributed by atoms with Crippen LogP contribution >= 0.6 is 0 Å². The molecule has 1 aromatic carbocycles. The standard InChI is InChI=1S/C16H27NO2/c1-13(2)12-19-16-8-6-15(7-9-16)14(3)17-10-4-5-11-18/h6-9,13-14,17-18H,4-5,10-12H2,1-3H3. The van der Waals surface area contributed by atoms with E-state index in [-0.39, 0.29) is 6.61 Å². The number of hydrogen-bond acceptors (Lipinski definition) is 3. The molecule has 3 nitrogen and oxygen atoms in total. The summed E-state index contributed by atoms with van der Waals surface area (Å²) in [5.74, 6) is 1.48. The predicted molar refractivity (Wildman–Crippen MR) is 79.5 cm³/mol. The molecule has 2 N–H and O–H groups in total. The van der Waals surface area contributed by atoms with Crippen LogP contribution in [0.3, 0.4) is 0 Å². The van der Waals surface area contributed by atoms with Crippen molar-refractivity contribution in [2.45, 2.75) is 39.7 Å². The molecular weight excluding hydrogens is 238 g/mol. The summed E-state index contributed by atoms with van der Waals surface area (Å²) in [7, 11) is 0. The smallest absolute Gasteiger partial charge is 0.119 e. The van der Waals surface area contributed by atoms with Crippen LogP contribution in [0.5, 0.6) is 5.75 Å². The Balaban J connectivity index is 2.37. The summed E-state index contributed by atoms with van der Waals surface area (Å²) in [6.07, 6.45) is 1.87. The summed E-state index contributed by atoms with van der Waals surface area (Å²) in [5, 5.41) is 12.2. The number of aliphatic hydroxyl groups excluding tert-OH is 1. The van der Waals surface area contributed by atoms with Crippen molar-refractivity contribution in [2.75, 3.05) is 19.8 Å². The van der Waals surface area contributed by atoms with Crippen molar-refractivity contribution in [3.63, 3.8) is 0 Å². The maximum absolute atomic E-state index is 8.73. The molecule has 19 heavy (non-hydrogen) atoms. The van der Waals surface area contributed by atoms with Crippen LogP contribution in [0.25, 0.3) is 0 Å². The van der Waals surface area contributed by atoms with E-state index in [0.29, 0.717) is 12.0 Å². The lowest BCUT2D eigenvalue weighted by Gasteiger charge is -2.15. The molecule has 0 aliphatic carbocycles. The Labute approximate surface area is 117 Å². The van der Waals surface area contributed by atoms with Crippen LogP contribution < -0.4 is 10.1 Å². The lowest BCUT2D eigenvalue weighted by Crippen LogP contribution is -2.20. The predicted octanol–water partition coefficient (Wildman–Crippen LogP) is 3.14. The highest BCUT2D eigenvalue weighted by Crippen LogP contribution is 2.18. The molecule has 0 saturated heterocycles. The topological polar surface area (TPSA) is 41.5 Å². The highest BCUT2D eigenvalue weighted by molar-refractivity contribution is 5.28. The molecule has 108 valence electrons. The van der Waals surface area contributed by atoms with Gasteiger partial charge in [-0.05, 0) is 49.9 Å². The molecule has 0 aliphatic rings. The van der Waals surface area contributed by atoms with E-state index in [1.807, 2.05) is 12.1 Å². The van der Waals surface area contributed by atoms with Gasteiger partial charge in [-0.3, -0.25) is 0 Å². The Kier molecular flexibility index (Phi) is 7.53. The van der Waals surface area contributed by atoms with E-state index in [0.717, 1.165) is 31.7 Å². The van der Waals surface area contributed by atoms with Gasteiger partial charge >= 0.3 is 0 Å². The molecule has 0 heterocycles. The van der Waals surface area contributed by atoms with Gasteiger partial charge in [0.2, 0.25) is 0 Å². The van der Waals surface area contributed by atoms with Gasteiger partial charge in [0.05, 0.1) is 6.61 Å². The van der Waals surface area contributed by atoms with Gasteiger partial charge in [0, 0.05) is 12.6 Å². The Bertz CT molecular complexity index is 335. The summed E-state index contributed by atoms with van der Waals surface area (Å²) in [5.41, 5.74) is 1.26. The van der Waals surface area contributed by atoms with Crippen LogP contribution in [-0.2, 0) is 0 Å². The van der Waals surface area contributed by atoms with Crippen molar-refractivity contribution in [3.05, 3.63) is 29.8 Å². The Morgan fingerprint density at radius 1 is 1.11 bits per heavy atom. The summed E-state index contributed by atoms with van der Waals surface area (Å²) in [4.78, 5) is 0. The maximum Gasteiger partial charge on any atom is 0.119 e. The Hall–Kier alpha value is -1.06. The second kappa shape index (κ2) is 8.94. The number of unbranched alkanes of at least 4 members (excludes halogenated alkanes) is 1. The molecular formula is C16H27NO2. The first kappa shape index (κ1) is 16.0. The largest absolute Gasteiger partial charge is 0.493 e. The third kappa shape index (κ3) is 6.60. The van der Waals surface area contributed by atoms with Crippen molar-refractivity contribution >= 4 is 0 Å². The summed E-state index contributed by atoms with van der Waals surface area (Å²) in [6.45, 7) is 8.42. The highest BCUT2D eigenvalue weighted by atomic mass is 16.5. The molecule has 1 aromatic rings. The van der Waals surface area contributed by atoms with Crippen LogP contribution in [-0.4, -0.2) is 24.9 Å². The first-order valence-electron chi connectivity index (χ1n) is 7.20. The average molecular weight is 265 g/mol. The number of ether oxygens (including phenoxy) is 1. The highest BCUT2D eigenvalue weighted by Gasteiger charge is 2.04. The normalized spacial score (nSPS) is 12.7. The first-order chi connectivity index (χ1) is 9.13. The molecule has 1 unspecified atom stereocenters. The van der Waals surface area contributed by atoms with E-state index < -0.39 is 0 Å². The lowest BCUT2D eigenvalue weighted by molar-refractivity contribution is 0.271. The third-order valence-corrected chi connectivity index (χ3v) is 3.00. The molecule has 0 amide bonds. The second-order valence-electron chi connectivity index (χ2n) is 5.38. The maximum atomic E-state index is 8.73. The number of aliphatic hydroxyl groups is 1. The van der Waals surface area contributed by atoms with Crippen LogP contribution in [0.15, 0.2) is 24.3 Å². The van der Waals surface area contributed by atoms with Gasteiger partial charge in [-0.25, -0.2) is 0 Å². The van der Waals surface area contributed by atoms with Gasteiger partial charge in [0.15, 0.2) is 0 Å². The fourth-order valence-electron chi connectivity index (χ4n) is 1.79. The molecule has 1 rings (SSSR count). The van der Waals surface area contributed by atoms with Gasteiger partial charge < -0.3 is 15.2 Å². The van der Waals surface area contributed by atoms with Crippen molar-refractivity contribution in [1.82, 2.24) is 5.32 Å². The monoisotopic (exact) mass is 265 g/mol. The zero-order valence-corrected chi connectivity index (χ0v) is 12.4. The third-order valence-electron chi connectivity index (χ3n) is 3.00. The fraction of sp³-hybridized carbons (Fsp3) is 0.625. The SMILES string of the molecule is CC(C)COc1ccc(C(C)NCCCCO)cc1. The van der Waals surface area contributed by atoms with Gasteiger partial charge in [-0.15, -0.1) is 0 Å². The number of benzene rings is 1. The second-order valence-corrected chi connectivity index (χ2v) is 5.38. The van der Waals surface area contributed by atoms with Crippen LogP contribution in [0.2, 0.25) is 0 Å². The minimum atomic E-state index is 0.276. The Morgan fingerprint density at radius 2 is 1.79 bits per heavy atom. The van der Waals surface area contributed by atoms with E-state index >= 15 is 0 Å². The molecule has 0 spiro atoms. The average Bonchev–Trinajstić information content (AvgIpc) is 2.41. The minimum absolute atomic E-state index is 0.276. The summed E-state index contributed by atoms with van der Waals surface area (Å²) < 4.78 is 5.67. The van der Waals surface area contributed by atoms with Gasteiger partial charge in [0.25, 0.3) is 0 Å². The fourth-order valence-corrected chi connectivity index (χ4v) is 1.79. The zero-order chi connectivity index (χ0) is 14.1. The van der Waals surface area contributed by atoms with Gasteiger partial charge in [-0.1, -0.05) is 26.0 Å².